The Balaban J connectivity index is 1.54. The van der Waals surface area contributed by atoms with E-state index in [4.69, 9.17) is 13.9 Å². The fourth-order valence-electron chi connectivity index (χ4n) is 3.00. The molecule has 0 aliphatic heterocycles. The molecule has 1 unspecified atom stereocenters. The second-order valence-corrected chi connectivity index (χ2v) is 8.21. The SMILES string of the molecule is COc1ccc(CCNC(=O)c2ccc(CS(=O)c3cccc(C)c3)o2)c(OC)c1. The summed E-state index contributed by atoms with van der Waals surface area (Å²) in [5.41, 5.74) is 2.01. The van der Waals surface area contributed by atoms with Gasteiger partial charge in [0.1, 0.15) is 17.3 Å². The molecule has 0 saturated heterocycles. The van der Waals surface area contributed by atoms with Gasteiger partial charge in [-0.15, -0.1) is 0 Å². The Morgan fingerprint density at radius 2 is 1.90 bits per heavy atom. The van der Waals surface area contributed by atoms with E-state index in [1.54, 1.807) is 26.4 Å². The number of rotatable bonds is 9. The average Bonchev–Trinajstić information content (AvgIpc) is 3.22. The normalized spacial score (nSPS) is 11.7. The molecule has 158 valence electrons. The number of amides is 1. The molecule has 0 saturated carbocycles. The van der Waals surface area contributed by atoms with Crippen LogP contribution >= 0.6 is 0 Å². The lowest BCUT2D eigenvalue weighted by Crippen LogP contribution is -2.25. The second-order valence-electron chi connectivity index (χ2n) is 6.76. The van der Waals surface area contributed by atoms with Gasteiger partial charge in [-0.05, 0) is 54.8 Å². The smallest absolute Gasteiger partial charge is 0.287 e. The molecule has 30 heavy (non-hydrogen) atoms. The minimum atomic E-state index is -1.23. The van der Waals surface area contributed by atoms with E-state index in [9.17, 15) is 9.00 Å². The van der Waals surface area contributed by atoms with Crippen LogP contribution < -0.4 is 14.8 Å². The van der Waals surface area contributed by atoms with E-state index in [1.165, 1.54) is 0 Å². The molecule has 6 nitrogen and oxygen atoms in total. The first-order valence-corrected chi connectivity index (χ1v) is 10.8. The van der Waals surface area contributed by atoms with Gasteiger partial charge >= 0.3 is 0 Å². The van der Waals surface area contributed by atoms with Gasteiger partial charge in [-0.25, -0.2) is 0 Å². The Kier molecular flexibility index (Phi) is 7.30. The van der Waals surface area contributed by atoms with Crippen LogP contribution in [0.2, 0.25) is 0 Å². The lowest BCUT2D eigenvalue weighted by molar-refractivity contribution is 0.0925. The average molecular weight is 428 g/mol. The second kappa shape index (κ2) is 10.1. The summed E-state index contributed by atoms with van der Waals surface area (Å²) in [5, 5.41) is 2.84. The number of hydrogen-bond acceptors (Lipinski definition) is 5. The van der Waals surface area contributed by atoms with Gasteiger partial charge < -0.3 is 19.2 Å². The van der Waals surface area contributed by atoms with Gasteiger partial charge in [0.2, 0.25) is 0 Å². The number of nitrogens with one attached hydrogen (secondary N) is 1. The molecule has 0 bridgehead atoms. The first kappa shape index (κ1) is 21.6. The third-order valence-corrected chi connectivity index (χ3v) is 5.91. The standard InChI is InChI=1S/C23H25NO5S/c1-16-5-4-6-20(13-16)30(26)15-19-9-10-21(29-19)23(25)24-12-11-17-7-8-18(27-2)14-22(17)28-3/h4-10,13-14H,11-12,15H2,1-3H3,(H,24,25). The molecule has 3 aromatic rings. The minimum Gasteiger partial charge on any atom is -0.497 e. The Morgan fingerprint density at radius 3 is 2.63 bits per heavy atom. The Morgan fingerprint density at radius 1 is 1.07 bits per heavy atom. The largest absolute Gasteiger partial charge is 0.497 e. The van der Waals surface area contributed by atoms with Gasteiger partial charge in [-0.2, -0.15) is 0 Å². The van der Waals surface area contributed by atoms with Crippen LogP contribution in [0.4, 0.5) is 0 Å². The van der Waals surface area contributed by atoms with Crippen molar-refractivity contribution in [2.45, 2.75) is 24.0 Å². The molecule has 2 aromatic carbocycles. The maximum absolute atomic E-state index is 12.5. The number of carbonyl (C=O) groups is 1. The zero-order valence-electron chi connectivity index (χ0n) is 17.3. The lowest BCUT2D eigenvalue weighted by atomic mass is 10.1. The van der Waals surface area contributed by atoms with E-state index in [0.717, 1.165) is 16.0 Å². The first-order valence-electron chi connectivity index (χ1n) is 9.53. The third kappa shape index (κ3) is 5.51. The summed E-state index contributed by atoms with van der Waals surface area (Å²) in [6.07, 6.45) is 0.601. The zero-order valence-corrected chi connectivity index (χ0v) is 18.1. The summed E-state index contributed by atoms with van der Waals surface area (Å²) in [5.74, 6) is 2.05. The number of benzene rings is 2. The van der Waals surface area contributed by atoms with Crippen molar-refractivity contribution in [3.8, 4) is 11.5 Å². The first-order chi connectivity index (χ1) is 14.5. The molecular formula is C23H25NO5S. The molecule has 0 radical (unpaired) electrons. The quantitative estimate of drug-likeness (QED) is 0.561. The Labute approximate surface area is 178 Å². The van der Waals surface area contributed by atoms with Crippen LogP contribution in [-0.2, 0) is 23.0 Å². The van der Waals surface area contributed by atoms with E-state index < -0.39 is 10.8 Å². The number of methoxy groups -OCH3 is 2. The highest BCUT2D eigenvalue weighted by atomic mass is 32.2. The van der Waals surface area contributed by atoms with Crippen LogP contribution in [0.3, 0.4) is 0 Å². The maximum Gasteiger partial charge on any atom is 0.287 e. The van der Waals surface area contributed by atoms with Crippen LogP contribution in [0.1, 0.15) is 27.4 Å². The molecule has 0 fully saturated rings. The molecule has 0 aliphatic carbocycles. The summed E-state index contributed by atoms with van der Waals surface area (Å²) < 4.78 is 28.7. The van der Waals surface area contributed by atoms with Crippen molar-refractivity contribution in [3.63, 3.8) is 0 Å². The highest BCUT2D eigenvalue weighted by Crippen LogP contribution is 2.24. The number of aryl methyl sites for hydroxylation is 1. The number of carbonyl (C=O) groups excluding carboxylic acids is 1. The van der Waals surface area contributed by atoms with E-state index in [-0.39, 0.29) is 17.4 Å². The molecule has 1 amide bonds. The molecular weight excluding hydrogens is 402 g/mol. The number of hydrogen-bond donors (Lipinski definition) is 1. The van der Waals surface area contributed by atoms with Crippen LogP contribution in [0.15, 0.2) is 63.9 Å². The maximum atomic E-state index is 12.5. The van der Waals surface area contributed by atoms with Gasteiger partial charge in [-0.3, -0.25) is 9.00 Å². The highest BCUT2D eigenvalue weighted by molar-refractivity contribution is 7.84. The molecule has 1 aromatic heterocycles. The minimum absolute atomic E-state index is 0.202. The molecule has 0 spiro atoms. The van der Waals surface area contributed by atoms with Crippen molar-refractivity contribution in [3.05, 3.63) is 77.2 Å². The summed E-state index contributed by atoms with van der Waals surface area (Å²) in [4.78, 5) is 13.1. The number of furan rings is 1. The van der Waals surface area contributed by atoms with Crippen LogP contribution in [0.5, 0.6) is 11.5 Å². The van der Waals surface area contributed by atoms with E-state index in [2.05, 4.69) is 5.32 Å². The zero-order chi connectivity index (χ0) is 21.5. The fraction of sp³-hybridized carbons (Fsp3) is 0.261. The summed E-state index contributed by atoms with van der Waals surface area (Å²) in [6, 6.07) is 16.4. The fourth-order valence-corrected chi connectivity index (χ4v) is 4.13. The summed E-state index contributed by atoms with van der Waals surface area (Å²) in [7, 11) is 1.97. The van der Waals surface area contributed by atoms with Crippen molar-refractivity contribution >= 4 is 16.7 Å². The van der Waals surface area contributed by atoms with Gasteiger partial charge in [0, 0.05) is 17.5 Å². The van der Waals surface area contributed by atoms with Crippen molar-refractivity contribution in [2.75, 3.05) is 20.8 Å². The molecule has 0 aliphatic rings. The predicted octanol–water partition coefficient (Wildman–Crippen LogP) is 3.89. The van der Waals surface area contributed by atoms with Gasteiger partial charge in [0.25, 0.3) is 5.91 Å². The van der Waals surface area contributed by atoms with Gasteiger partial charge in [-0.1, -0.05) is 18.2 Å². The third-order valence-electron chi connectivity index (χ3n) is 4.59. The van der Waals surface area contributed by atoms with Crippen LogP contribution in [-0.4, -0.2) is 30.9 Å². The molecule has 3 rings (SSSR count). The van der Waals surface area contributed by atoms with Crippen LogP contribution in [0.25, 0.3) is 0 Å². The summed E-state index contributed by atoms with van der Waals surface area (Å²) >= 11 is 0. The molecule has 1 atom stereocenters. The Bertz CT molecular complexity index is 1040. The van der Waals surface area contributed by atoms with Crippen LogP contribution in [0, 0.1) is 6.92 Å². The van der Waals surface area contributed by atoms with E-state index in [0.29, 0.717) is 30.2 Å². The van der Waals surface area contributed by atoms with Gasteiger partial charge in [0.15, 0.2) is 5.76 Å². The highest BCUT2D eigenvalue weighted by Gasteiger charge is 2.14. The molecule has 1 N–H and O–H groups in total. The Hall–Kier alpha value is -3.06. The number of ether oxygens (including phenoxy) is 2. The topological polar surface area (TPSA) is 77.8 Å². The molecule has 1 heterocycles. The molecule has 7 heteroatoms. The van der Waals surface area contributed by atoms with Crippen molar-refractivity contribution in [1.29, 1.82) is 0 Å². The van der Waals surface area contributed by atoms with Gasteiger partial charge in [0.05, 0.1) is 30.8 Å². The van der Waals surface area contributed by atoms with E-state index >= 15 is 0 Å². The lowest BCUT2D eigenvalue weighted by Gasteiger charge is -2.10. The summed E-state index contributed by atoms with van der Waals surface area (Å²) in [6.45, 7) is 2.38. The van der Waals surface area contributed by atoms with Crippen molar-refractivity contribution in [2.24, 2.45) is 0 Å². The monoisotopic (exact) mass is 427 g/mol. The predicted molar refractivity (Wildman–Crippen MR) is 116 cm³/mol. The van der Waals surface area contributed by atoms with E-state index in [1.807, 2.05) is 49.4 Å². The van der Waals surface area contributed by atoms with Crippen molar-refractivity contribution in [1.82, 2.24) is 5.32 Å². The van der Waals surface area contributed by atoms with Crippen molar-refractivity contribution < 1.29 is 22.9 Å².